The number of nitrogens with one attached hydrogen (secondary N) is 1. The van der Waals surface area contributed by atoms with Gasteiger partial charge in [-0.25, -0.2) is 0 Å². The first-order valence-electron chi connectivity index (χ1n) is 10.3. The van der Waals surface area contributed by atoms with Crippen LogP contribution < -0.4 is 14.8 Å². The molecule has 3 rings (SSSR count). The van der Waals surface area contributed by atoms with Crippen molar-refractivity contribution in [2.24, 2.45) is 0 Å². The fourth-order valence-corrected chi connectivity index (χ4v) is 3.70. The highest BCUT2D eigenvalue weighted by atomic mass is 35.5. The zero-order valence-electron chi connectivity index (χ0n) is 17.6. The number of carbonyl (C=O) groups is 2. The van der Waals surface area contributed by atoms with Gasteiger partial charge in [-0.15, -0.1) is 0 Å². The van der Waals surface area contributed by atoms with Crippen LogP contribution in [-0.2, 0) is 22.6 Å². The Morgan fingerprint density at radius 3 is 2.45 bits per heavy atom. The topological polar surface area (TPSA) is 67.9 Å². The molecule has 166 valence electrons. The molecule has 2 aromatic carbocycles. The molecule has 6 nitrogen and oxygen atoms in total. The van der Waals surface area contributed by atoms with Gasteiger partial charge < -0.3 is 19.7 Å². The van der Waals surface area contributed by atoms with Gasteiger partial charge in [-0.05, 0) is 55.7 Å². The summed E-state index contributed by atoms with van der Waals surface area (Å²) in [4.78, 5) is 27.2. The standard InChI is InChI=1S/C23H26Cl2N2O4/c1-3-26-23(29)15(2)27(14-17-4-7-18(24)19(25)12-17)22(28)9-6-16-5-8-20-21(13-16)31-11-10-30-20/h4-5,7-8,12-13,15H,3,6,9-11,14H2,1-2H3,(H,26,29). The first-order chi connectivity index (χ1) is 14.9. The number of fused-ring (bicyclic) bond motifs is 1. The van der Waals surface area contributed by atoms with Crippen molar-refractivity contribution in [3.05, 3.63) is 57.6 Å². The van der Waals surface area contributed by atoms with Gasteiger partial charge in [-0.3, -0.25) is 9.59 Å². The van der Waals surface area contributed by atoms with E-state index in [2.05, 4.69) is 5.32 Å². The molecule has 0 radical (unpaired) electrons. The Balaban J connectivity index is 1.73. The van der Waals surface area contributed by atoms with E-state index in [1.807, 2.05) is 25.1 Å². The molecule has 0 saturated heterocycles. The minimum absolute atomic E-state index is 0.125. The van der Waals surface area contributed by atoms with Crippen molar-refractivity contribution in [1.29, 1.82) is 0 Å². The van der Waals surface area contributed by atoms with E-state index in [-0.39, 0.29) is 24.8 Å². The number of halogens is 2. The third kappa shape index (κ3) is 6.05. The van der Waals surface area contributed by atoms with Crippen LogP contribution in [0.3, 0.4) is 0 Å². The van der Waals surface area contributed by atoms with Gasteiger partial charge >= 0.3 is 0 Å². The highest BCUT2D eigenvalue weighted by Gasteiger charge is 2.26. The maximum absolute atomic E-state index is 13.1. The number of nitrogens with zero attached hydrogens (tertiary/aromatic N) is 1. The summed E-state index contributed by atoms with van der Waals surface area (Å²) in [6, 6.07) is 10.3. The highest BCUT2D eigenvalue weighted by molar-refractivity contribution is 6.42. The average Bonchev–Trinajstić information content (AvgIpc) is 2.77. The van der Waals surface area contributed by atoms with Crippen molar-refractivity contribution < 1.29 is 19.1 Å². The Hall–Kier alpha value is -2.44. The molecule has 0 aromatic heterocycles. The van der Waals surface area contributed by atoms with E-state index in [4.69, 9.17) is 32.7 Å². The lowest BCUT2D eigenvalue weighted by Crippen LogP contribution is -2.47. The summed E-state index contributed by atoms with van der Waals surface area (Å²) in [5.41, 5.74) is 1.77. The molecule has 2 aromatic rings. The first kappa shape index (κ1) is 23.2. The van der Waals surface area contributed by atoms with Gasteiger partial charge in [0.25, 0.3) is 0 Å². The van der Waals surface area contributed by atoms with Gasteiger partial charge in [0.2, 0.25) is 11.8 Å². The summed E-state index contributed by atoms with van der Waals surface area (Å²) in [5, 5.41) is 3.64. The number of hydrogen-bond donors (Lipinski definition) is 1. The first-order valence-corrected chi connectivity index (χ1v) is 11.0. The number of rotatable bonds is 8. The molecule has 1 aliphatic heterocycles. The van der Waals surface area contributed by atoms with Crippen LogP contribution in [0.15, 0.2) is 36.4 Å². The molecule has 0 spiro atoms. The van der Waals surface area contributed by atoms with Crippen LogP contribution in [0.4, 0.5) is 0 Å². The van der Waals surface area contributed by atoms with Crippen molar-refractivity contribution in [2.75, 3.05) is 19.8 Å². The van der Waals surface area contributed by atoms with E-state index in [1.54, 1.807) is 30.0 Å². The fraction of sp³-hybridized carbons (Fsp3) is 0.391. The van der Waals surface area contributed by atoms with Crippen LogP contribution >= 0.6 is 23.2 Å². The molecule has 1 atom stereocenters. The number of benzene rings is 2. The van der Waals surface area contributed by atoms with E-state index in [9.17, 15) is 9.59 Å². The molecule has 0 aliphatic carbocycles. The van der Waals surface area contributed by atoms with E-state index >= 15 is 0 Å². The van der Waals surface area contributed by atoms with Gasteiger partial charge in [-0.2, -0.15) is 0 Å². The second-order valence-electron chi connectivity index (χ2n) is 7.32. The molecule has 1 heterocycles. The third-order valence-electron chi connectivity index (χ3n) is 5.09. The molecule has 31 heavy (non-hydrogen) atoms. The number of ether oxygens (including phenoxy) is 2. The van der Waals surface area contributed by atoms with Crippen LogP contribution in [0, 0.1) is 0 Å². The minimum atomic E-state index is -0.623. The molecule has 0 bridgehead atoms. The molecule has 8 heteroatoms. The number of hydrogen-bond acceptors (Lipinski definition) is 4. The summed E-state index contributed by atoms with van der Waals surface area (Å²) in [6.45, 7) is 5.37. The lowest BCUT2D eigenvalue weighted by molar-refractivity contribution is -0.140. The molecule has 1 unspecified atom stereocenters. The van der Waals surface area contributed by atoms with Crippen molar-refractivity contribution >= 4 is 35.0 Å². The number of amides is 2. The third-order valence-corrected chi connectivity index (χ3v) is 5.83. The van der Waals surface area contributed by atoms with Crippen LogP contribution in [0.1, 0.15) is 31.4 Å². The molecular weight excluding hydrogens is 439 g/mol. The van der Waals surface area contributed by atoms with Crippen LogP contribution in [0.5, 0.6) is 11.5 Å². The Morgan fingerprint density at radius 2 is 1.74 bits per heavy atom. The normalized spacial score (nSPS) is 13.4. The average molecular weight is 465 g/mol. The van der Waals surface area contributed by atoms with E-state index in [0.29, 0.717) is 47.7 Å². The summed E-state index contributed by atoms with van der Waals surface area (Å²) in [7, 11) is 0. The van der Waals surface area contributed by atoms with Gasteiger partial charge in [0.15, 0.2) is 11.5 Å². The smallest absolute Gasteiger partial charge is 0.242 e. The van der Waals surface area contributed by atoms with Gasteiger partial charge in [0, 0.05) is 19.5 Å². The summed E-state index contributed by atoms with van der Waals surface area (Å²) >= 11 is 12.1. The zero-order chi connectivity index (χ0) is 22.4. The lowest BCUT2D eigenvalue weighted by Gasteiger charge is -2.29. The maximum atomic E-state index is 13.1. The Morgan fingerprint density at radius 1 is 1.03 bits per heavy atom. The molecule has 1 aliphatic rings. The van der Waals surface area contributed by atoms with Gasteiger partial charge in [0.05, 0.1) is 10.0 Å². The number of carbonyl (C=O) groups excluding carboxylic acids is 2. The predicted octanol–water partition coefficient (Wildman–Crippen LogP) is 4.25. The number of likely N-dealkylation sites (N-methyl/N-ethyl adjacent to an activating group) is 1. The molecule has 2 amide bonds. The largest absolute Gasteiger partial charge is 0.486 e. The quantitative estimate of drug-likeness (QED) is 0.633. The Bertz CT molecular complexity index is 951. The second kappa shape index (κ2) is 10.7. The maximum Gasteiger partial charge on any atom is 0.242 e. The summed E-state index contributed by atoms with van der Waals surface area (Å²) < 4.78 is 11.2. The van der Waals surface area contributed by atoms with Crippen molar-refractivity contribution in [3.63, 3.8) is 0 Å². The van der Waals surface area contributed by atoms with Crippen molar-refractivity contribution in [1.82, 2.24) is 10.2 Å². The molecule has 0 fully saturated rings. The number of aryl methyl sites for hydroxylation is 1. The molecular formula is C23H26Cl2N2O4. The van der Waals surface area contributed by atoms with Crippen molar-refractivity contribution in [3.8, 4) is 11.5 Å². The Labute approximate surface area is 192 Å². The fourth-order valence-electron chi connectivity index (χ4n) is 3.38. The van der Waals surface area contributed by atoms with E-state index in [1.165, 1.54) is 0 Å². The summed E-state index contributed by atoms with van der Waals surface area (Å²) in [5.74, 6) is 1.09. The minimum Gasteiger partial charge on any atom is -0.486 e. The van der Waals surface area contributed by atoms with Crippen molar-refractivity contribution in [2.45, 2.75) is 39.3 Å². The van der Waals surface area contributed by atoms with E-state index < -0.39 is 6.04 Å². The summed E-state index contributed by atoms with van der Waals surface area (Å²) in [6.07, 6.45) is 0.778. The Kier molecular flexibility index (Phi) is 8.04. The monoisotopic (exact) mass is 464 g/mol. The highest BCUT2D eigenvalue weighted by Crippen LogP contribution is 2.31. The van der Waals surface area contributed by atoms with Gasteiger partial charge in [-0.1, -0.05) is 35.3 Å². The van der Waals surface area contributed by atoms with Gasteiger partial charge in [0.1, 0.15) is 19.3 Å². The van der Waals surface area contributed by atoms with Crippen LogP contribution in [0.25, 0.3) is 0 Å². The van der Waals surface area contributed by atoms with Crippen LogP contribution in [0.2, 0.25) is 10.0 Å². The predicted molar refractivity (Wildman–Crippen MR) is 121 cm³/mol. The molecule has 0 saturated carbocycles. The van der Waals surface area contributed by atoms with Crippen LogP contribution in [-0.4, -0.2) is 42.5 Å². The SMILES string of the molecule is CCNC(=O)C(C)N(Cc1ccc(Cl)c(Cl)c1)C(=O)CCc1ccc2c(c1)OCCO2. The second-order valence-corrected chi connectivity index (χ2v) is 8.13. The van der Waals surface area contributed by atoms with E-state index in [0.717, 1.165) is 11.1 Å². The zero-order valence-corrected chi connectivity index (χ0v) is 19.1. The lowest BCUT2D eigenvalue weighted by atomic mass is 10.1. The molecule has 1 N–H and O–H groups in total.